The van der Waals surface area contributed by atoms with E-state index in [4.69, 9.17) is 0 Å². The molecule has 0 aromatic heterocycles. The van der Waals surface area contributed by atoms with Crippen molar-refractivity contribution < 1.29 is 0 Å². The van der Waals surface area contributed by atoms with Gasteiger partial charge >= 0.3 is 0 Å². The van der Waals surface area contributed by atoms with Gasteiger partial charge in [-0.25, -0.2) is 0 Å². The van der Waals surface area contributed by atoms with Crippen molar-refractivity contribution in [2.45, 2.75) is 147 Å². The fourth-order valence-electron chi connectivity index (χ4n) is 6.86. The molecule has 0 nitrogen and oxygen atoms in total. The van der Waals surface area contributed by atoms with Crippen LogP contribution in [-0.4, -0.2) is 0 Å². The molecule has 34 heavy (non-hydrogen) atoms. The van der Waals surface area contributed by atoms with E-state index in [9.17, 15) is 0 Å². The third-order valence-electron chi connectivity index (χ3n) is 11.9. The van der Waals surface area contributed by atoms with Gasteiger partial charge < -0.3 is 0 Å². The highest BCUT2D eigenvalue weighted by molar-refractivity contribution is 4.79. The molecule has 4 aliphatic carbocycles. The van der Waals surface area contributed by atoms with Gasteiger partial charge in [0, 0.05) is 0 Å². The van der Waals surface area contributed by atoms with Crippen LogP contribution < -0.4 is 0 Å². The molecular formula is C34H68. The summed E-state index contributed by atoms with van der Waals surface area (Å²) in [5, 5.41) is 0. The molecule has 4 aliphatic rings. The largest absolute Gasteiger partial charge is 0.0622 e. The van der Waals surface area contributed by atoms with Crippen molar-refractivity contribution >= 4 is 0 Å². The van der Waals surface area contributed by atoms with Crippen molar-refractivity contribution in [3.63, 3.8) is 0 Å². The molecule has 4 fully saturated rings. The van der Waals surface area contributed by atoms with Crippen LogP contribution in [0.25, 0.3) is 0 Å². The van der Waals surface area contributed by atoms with E-state index in [-0.39, 0.29) is 0 Å². The maximum absolute atomic E-state index is 2.42. The number of rotatable bonds is 0. The second kappa shape index (κ2) is 16.0. The van der Waals surface area contributed by atoms with Gasteiger partial charge in [-0.05, 0) is 77.4 Å². The second-order valence-electron chi connectivity index (χ2n) is 14.3. The minimum absolute atomic E-state index is 0.961. The lowest BCUT2D eigenvalue weighted by atomic mass is 9.68. The summed E-state index contributed by atoms with van der Waals surface area (Å²) in [4.78, 5) is 0. The molecule has 0 radical (unpaired) electrons. The predicted octanol–water partition coefficient (Wildman–Crippen LogP) is 11.5. The Morgan fingerprint density at radius 2 is 0.500 bits per heavy atom. The van der Waals surface area contributed by atoms with E-state index in [1.54, 1.807) is 0 Å². The Bertz CT molecular complexity index is 468. The molecule has 8 atom stereocenters. The minimum Gasteiger partial charge on any atom is -0.0622 e. The van der Waals surface area contributed by atoms with Crippen LogP contribution in [0.3, 0.4) is 0 Å². The van der Waals surface area contributed by atoms with E-state index in [1.807, 2.05) is 0 Å². The van der Waals surface area contributed by atoms with Crippen LogP contribution in [0.2, 0.25) is 0 Å². The summed E-state index contributed by atoms with van der Waals surface area (Å²) in [6.07, 6.45) is 14.6. The van der Waals surface area contributed by atoms with Gasteiger partial charge in [0.25, 0.3) is 0 Å². The fraction of sp³-hybridized carbons (Fsp3) is 1.00. The third-order valence-corrected chi connectivity index (χ3v) is 11.9. The van der Waals surface area contributed by atoms with Gasteiger partial charge in [-0.1, -0.05) is 141 Å². The normalized spacial score (nSPS) is 46.2. The first kappa shape index (κ1) is 32.0. The van der Waals surface area contributed by atoms with E-state index in [0.29, 0.717) is 0 Å². The maximum Gasteiger partial charge on any atom is -0.0391 e. The SMILES string of the molecule is CC1CC(C)C1C.CC1CCC(C)C1C.CC1CCCC(C)C1C.CC1CCCCC(C)C1C. The molecule has 0 heterocycles. The van der Waals surface area contributed by atoms with E-state index in [0.717, 1.165) is 71.0 Å². The second-order valence-corrected chi connectivity index (χ2v) is 14.3. The molecule has 0 amide bonds. The zero-order valence-electron chi connectivity index (χ0n) is 26.0. The first-order valence-electron chi connectivity index (χ1n) is 15.9. The Balaban J connectivity index is 0.000000228. The molecule has 0 bridgehead atoms. The summed E-state index contributed by atoms with van der Waals surface area (Å²) in [5.74, 6) is 11.8. The molecule has 0 saturated heterocycles. The first-order valence-corrected chi connectivity index (χ1v) is 15.9. The van der Waals surface area contributed by atoms with E-state index in [2.05, 4.69) is 83.1 Å². The highest BCUT2D eigenvalue weighted by atomic mass is 14.4. The summed E-state index contributed by atoms with van der Waals surface area (Å²) in [6, 6.07) is 0. The average molecular weight is 477 g/mol. The zero-order valence-corrected chi connectivity index (χ0v) is 26.0. The van der Waals surface area contributed by atoms with Crippen molar-refractivity contribution in [1.29, 1.82) is 0 Å². The van der Waals surface area contributed by atoms with Crippen LogP contribution >= 0.6 is 0 Å². The summed E-state index contributed by atoms with van der Waals surface area (Å²) < 4.78 is 0. The van der Waals surface area contributed by atoms with Crippen LogP contribution in [0.5, 0.6) is 0 Å². The first-order chi connectivity index (χ1) is 15.9. The molecule has 4 saturated carbocycles. The summed E-state index contributed by atoms with van der Waals surface area (Å²) >= 11 is 0. The molecule has 0 spiro atoms. The van der Waals surface area contributed by atoms with Crippen LogP contribution in [0.4, 0.5) is 0 Å². The highest BCUT2D eigenvalue weighted by Gasteiger charge is 2.30. The summed E-state index contributed by atoms with van der Waals surface area (Å²) in [7, 11) is 0. The Morgan fingerprint density at radius 1 is 0.265 bits per heavy atom. The number of hydrogen-bond donors (Lipinski definition) is 0. The quantitative estimate of drug-likeness (QED) is 0.305. The average Bonchev–Trinajstić information content (AvgIpc) is 3.02. The lowest BCUT2D eigenvalue weighted by Crippen LogP contribution is -2.29. The third kappa shape index (κ3) is 10.5. The summed E-state index contributed by atoms with van der Waals surface area (Å²) in [6.45, 7) is 28.5. The van der Waals surface area contributed by atoms with Gasteiger partial charge in [-0.3, -0.25) is 0 Å². The molecule has 204 valence electrons. The topological polar surface area (TPSA) is 0 Å². The van der Waals surface area contributed by atoms with Crippen molar-refractivity contribution in [3.05, 3.63) is 0 Å². The fourth-order valence-corrected chi connectivity index (χ4v) is 6.86. The molecule has 4 rings (SSSR count). The van der Waals surface area contributed by atoms with Crippen LogP contribution in [0, 0.1) is 71.0 Å². The standard InChI is InChI=1S/C10H20.C9H18.C8H16.C7H14/c1-8-6-4-5-7-9(2)10(8)3;1-7-5-4-6-8(2)9(7)3;1-6-4-5-7(2)8(6)3;1-5-4-6(2)7(5)3/h8-10H,4-7H2,1-3H3;7-9H,4-6H2,1-3H3;6-8H,4-5H2,1-3H3;5-7H,4H2,1-3H3. The van der Waals surface area contributed by atoms with Gasteiger partial charge in [-0.15, -0.1) is 0 Å². The number of hydrogen-bond acceptors (Lipinski definition) is 0. The predicted molar refractivity (Wildman–Crippen MR) is 156 cm³/mol. The van der Waals surface area contributed by atoms with Crippen molar-refractivity contribution in [1.82, 2.24) is 0 Å². The monoisotopic (exact) mass is 477 g/mol. The molecule has 8 unspecified atom stereocenters. The van der Waals surface area contributed by atoms with Gasteiger partial charge in [0.2, 0.25) is 0 Å². The smallest absolute Gasteiger partial charge is 0.0391 e. The van der Waals surface area contributed by atoms with E-state index < -0.39 is 0 Å². The van der Waals surface area contributed by atoms with Gasteiger partial charge in [0.1, 0.15) is 0 Å². The molecule has 0 heteroatoms. The Morgan fingerprint density at radius 3 is 0.706 bits per heavy atom. The van der Waals surface area contributed by atoms with Crippen molar-refractivity contribution in [2.24, 2.45) is 71.0 Å². The minimum atomic E-state index is 0.961. The highest BCUT2D eigenvalue weighted by Crippen LogP contribution is 2.39. The van der Waals surface area contributed by atoms with Gasteiger partial charge in [0.05, 0.1) is 0 Å². The van der Waals surface area contributed by atoms with Crippen LogP contribution in [0.1, 0.15) is 147 Å². The van der Waals surface area contributed by atoms with Crippen molar-refractivity contribution in [3.8, 4) is 0 Å². The van der Waals surface area contributed by atoms with Crippen LogP contribution in [0.15, 0.2) is 0 Å². The Hall–Kier alpha value is 0. The van der Waals surface area contributed by atoms with Crippen molar-refractivity contribution in [2.75, 3.05) is 0 Å². The maximum atomic E-state index is 2.42. The molecule has 0 N–H and O–H groups in total. The lowest BCUT2D eigenvalue weighted by Gasteiger charge is -2.38. The van der Waals surface area contributed by atoms with E-state index in [1.165, 1.54) is 64.2 Å². The van der Waals surface area contributed by atoms with Crippen LogP contribution in [-0.2, 0) is 0 Å². The van der Waals surface area contributed by atoms with E-state index >= 15 is 0 Å². The Labute approximate surface area is 218 Å². The summed E-state index contributed by atoms with van der Waals surface area (Å²) in [5.41, 5.74) is 0. The molecule has 0 aromatic carbocycles. The van der Waals surface area contributed by atoms with Gasteiger partial charge in [-0.2, -0.15) is 0 Å². The Kier molecular flexibility index (Phi) is 15.0. The van der Waals surface area contributed by atoms with Gasteiger partial charge in [0.15, 0.2) is 0 Å². The zero-order chi connectivity index (χ0) is 26.0. The molecular weight excluding hydrogens is 408 g/mol. The molecule has 0 aliphatic heterocycles. The molecule has 0 aromatic rings. The lowest BCUT2D eigenvalue weighted by molar-refractivity contribution is 0.120.